The molecule has 23 heavy (non-hydrogen) atoms. The zero-order chi connectivity index (χ0) is 16.9. The molecule has 0 aliphatic carbocycles. The fourth-order valence-electron chi connectivity index (χ4n) is 2.24. The number of nitrogens with one attached hydrogen (secondary N) is 1. The first kappa shape index (κ1) is 17.4. The molecule has 1 amide bonds. The van der Waals surface area contributed by atoms with E-state index in [1.807, 2.05) is 6.92 Å². The lowest BCUT2D eigenvalue weighted by Crippen LogP contribution is -2.39. The van der Waals surface area contributed by atoms with Crippen LogP contribution in [0, 0.1) is 6.92 Å². The van der Waals surface area contributed by atoms with Gasteiger partial charge in [-0.2, -0.15) is 9.41 Å². The summed E-state index contributed by atoms with van der Waals surface area (Å²) in [7, 11) is -3.48. The van der Waals surface area contributed by atoms with Crippen LogP contribution in [-0.4, -0.2) is 44.2 Å². The molecule has 0 bridgehead atoms. The van der Waals surface area contributed by atoms with E-state index < -0.39 is 16.1 Å². The van der Waals surface area contributed by atoms with Gasteiger partial charge in [0, 0.05) is 31.6 Å². The summed E-state index contributed by atoms with van der Waals surface area (Å²) in [6, 6.07) is 6.81. The molecule has 0 saturated carbocycles. The van der Waals surface area contributed by atoms with Crippen LogP contribution in [0.1, 0.15) is 25.3 Å². The van der Waals surface area contributed by atoms with Gasteiger partial charge in [-0.1, -0.05) is 17.7 Å². The number of ether oxygens (including phenoxy) is 1. The smallest absolute Gasteiger partial charge is 0.427 e. The molecule has 0 aromatic heterocycles. The van der Waals surface area contributed by atoms with E-state index in [1.165, 1.54) is 4.31 Å². The molecule has 0 radical (unpaired) electrons. The summed E-state index contributed by atoms with van der Waals surface area (Å²) < 4.78 is 31.3. The van der Waals surface area contributed by atoms with Gasteiger partial charge in [0.1, 0.15) is 0 Å². The quantitative estimate of drug-likeness (QED) is 0.848. The Morgan fingerprint density at radius 1 is 1.26 bits per heavy atom. The number of carbonyl (C=O) groups is 1. The second-order valence-corrected chi connectivity index (χ2v) is 7.17. The summed E-state index contributed by atoms with van der Waals surface area (Å²) in [5.41, 5.74) is 4.08. The number of rotatable bonds is 4. The average Bonchev–Trinajstić information content (AvgIpc) is 2.54. The second kappa shape index (κ2) is 7.56. The van der Waals surface area contributed by atoms with Gasteiger partial charge in [0.25, 0.3) is 0 Å². The zero-order valence-corrected chi connectivity index (χ0v) is 14.1. The Kier molecular flexibility index (Phi) is 5.73. The third kappa shape index (κ3) is 4.52. The van der Waals surface area contributed by atoms with Crippen LogP contribution in [0.5, 0.6) is 0 Å². The molecule has 2 rings (SSSR count). The Morgan fingerprint density at radius 3 is 2.43 bits per heavy atom. The molecule has 1 N–H and O–H groups in total. The fraction of sp³-hybridized carbons (Fsp3) is 0.467. The van der Waals surface area contributed by atoms with Crippen molar-refractivity contribution < 1.29 is 17.9 Å². The fourth-order valence-corrected chi connectivity index (χ4v) is 3.69. The van der Waals surface area contributed by atoms with Crippen LogP contribution in [0.3, 0.4) is 0 Å². The van der Waals surface area contributed by atoms with Gasteiger partial charge in [-0.3, -0.25) is 0 Å². The van der Waals surface area contributed by atoms with Gasteiger partial charge >= 0.3 is 6.09 Å². The van der Waals surface area contributed by atoms with Crippen molar-refractivity contribution in [3.63, 3.8) is 0 Å². The molecule has 126 valence electrons. The van der Waals surface area contributed by atoms with E-state index in [9.17, 15) is 13.2 Å². The van der Waals surface area contributed by atoms with E-state index in [1.54, 1.807) is 31.2 Å². The molecule has 1 aliphatic rings. The van der Waals surface area contributed by atoms with Crippen LogP contribution < -0.4 is 5.43 Å². The zero-order valence-electron chi connectivity index (χ0n) is 13.3. The topological polar surface area (TPSA) is 88.1 Å². The lowest BCUT2D eigenvalue weighted by molar-refractivity contribution is 0.152. The first-order chi connectivity index (χ1) is 10.9. The Hall–Kier alpha value is -1.93. The van der Waals surface area contributed by atoms with Gasteiger partial charge in [-0.25, -0.2) is 18.6 Å². The van der Waals surface area contributed by atoms with Crippen molar-refractivity contribution in [2.45, 2.75) is 31.6 Å². The number of amides is 1. The molecule has 1 aromatic carbocycles. The van der Waals surface area contributed by atoms with E-state index in [-0.39, 0.29) is 6.61 Å². The first-order valence-electron chi connectivity index (χ1n) is 7.48. The van der Waals surface area contributed by atoms with E-state index in [0.717, 1.165) is 11.3 Å². The number of sulfonamides is 1. The molecule has 1 fully saturated rings. The number of hydrogen-bond acceptors (Lipinski definition) is 5. The first-order valence-corrected chi connectivity index (χ1v) is 8.92. The third-order valence-corrected chi connectivity index (χ3v) is 5.45. The van der Waals surface area contributed by atoms with Crippen molar-refractivity contribution in [1.82, 2.24) is 9.73 Å². The van der Waals surface area contributed by atoms with Crippen LogP contribution in [0.25, 0.3) is 0 Å². The Labute approximate surface area is 136 Å². The number of nitrogens with zero attached hydrogens (tertiary/aromatic N) is 2. The van der Waals surface area contributed by atoms with Crippen molar-refractivity contribution in [3.05, 3.63) is 29.8 Å². The number of benzene rings is 1. The SMILES string of the molecule is CCOC(=O)NN=C1CCN(S(=O)(=O)c2ccc(C)cc2)CC1. The third-order valence-electron chi connectivity index (χ3n) is 3.54. The van der Waals surface area contributed by atoms with Crippen LogP contribution in [0.15, 0.2) is 34.3 Å². The minimum absolute atomic E-state index is 0.277. The van der Waals surface area contributed by atoms with Gasteiger partial charge in [0.2, 0.25) is 10.0 Å². The van der Waals surface area contributed by atoms with Crippen molar-refractivity contribution in [2.24, 2.45) is 5.10 Å². The lowest BCUT2D eigenvalue weighted by atomic mass is 10.1. The molecule has 0 spiro atoms. The van der Waals surface area contributed by atoms with Gasteiger partial charge in [-0.05, 0) is 26.0 Å². The van der Waals surface area contributed by atoms with Gasteiger partial charge in [0.05, 0.1) is 11.5 Å². The number of hydrogen-bond donors (Lipinski definition) is 1. The number of carbonyl (C=O) groups excluding carboxylic acids is 1. The minimum Gasteiger partial charge on any atom is -0.449 e. The molecule has 0 atom stereocenters. The summed E-state index contributed by atoms with van der Waals surface area (Å²) in [4.78, 5) is 11.5. The maximum absolute atomic E-state index is 12.6. The lowest BCUT2D eigenvalue weighted by Gasteiger charge is -2.26. The summed E-state index contributed by atoms with van der Waals surface area (Å²) in [6.07, 6.45) is 0.365. The highest BCUT2D eigenvalue weighted by Crippen LogP contribution is 2.20. The molecule has 7 nitrogen and oxygen atoms in total. The van der Waals surface area contributed by atoms with Crippen molar-refractivity contribution in [1.29, 1.82) is 0 Å². The summed E-state index contributed by atoms with van der Waals surface area (Å²) >= 11 is 0. The molecular formula is C15H21N3O4S. The van der Waals surface area contributed by atoms with Crippen LogP contribution in [-0.2, 0) is 14.8 Å². The Bertz CT molecular complexity index is 673. The Balaban J connectivity index is 1.97. The van der Waals surface area contributed by atoms with Crippen molar-refractivity contribution in [3.8, 4) is 0 Å². The average molecular weight is 339 g/mol. The van der Waals surface area contributed by atoms with E-state index >= 15 is 0 Å². The van der Waals surface area contributed by atoms with Gasteiger partial charge in [-0.15, -0.1) is 0 Å². The van der Waals surface area contributed by atoms with Crippen LogP contribution in [0.2, 0.25) is 0 Å². The van der Waals surface area contributed by atoms with Crippen molar-refractivity contribution in [2.75, 3.05) is 19.7 Å². The molecule has 1 aliphatic heterocycles. The number of aryl methyl sites for hydroxylation is 1. The summed E-state index contributed by atoms with van der Waals surface area (Å²) in [5.74, 6) is 0. The minimum atomic E-state index is -3.48. The largest absolute Gasteiger partial charge is 0.449 e. The van der Waals surface area contributed by atoms with Crippen LogP contribution >= 0.6 is 0 Å². The van der Waals surface area contributed by atoms with Crippen LogP contribution in [0.4, 0.5) is 4.79 Å². The predicted molar refractivity (Wildman–Crippen MR) is 86.8 cm³/mol. The molecule has 1 saturated heterocycles. The number of piperidine rings is 1. The highest BCUT2D eigenvalue weighted by atomic mass is 32.2. The number of hydrazone groups is 1. The molecular weight excluding hydrogens is 318 g/mol. The van der Waals surface area contributed by atoms with Gasteiger partial charge in [0.15, 0.2) is 0 Å². The Morgan fingerprint density at radius 2 is 1.87 bits per heavy atom. The maximum Gasteiger partial charge on any atom is 0.427 e. The second-order valence-electron chi connectivity index (χ2n) is 5.23. The maximum atomic E-state index is 12.6. The van der Waals surface area contributed by atoms with E-state index in [4.69, 9.17) is 4.74 Å². The van der Waals surface area contributed by atoms with E-state index in [0.29, 0.717) is 30.8 Å². The van der Waals surface area contributed by atoms with E-state index in [2.05, 4.69) is 10.5 Å². The highest BCUT2D eigenvalue weighted by Gasteiger charge is 2.27. The van der Waals surface area contributed by atoms with Crippen molar-refractivity contribution >= 4 is 21.8 Å². The normalized spacial score (nSPS) is 16.0. The highest BCUT2D eigenvalue weighted by molar-refractivity contribution is 7.89. The van der Waals surface area contributed by atoms with Gasteiger partial charge < -0.3 is 4.74 Å². The molecule has 0 unspecified atom stereocenters. The predicted octanol–water partition coefficient (Wildman–Crippen LogP) is 1.88. The molecule has 1 heterocycles. The summed E-state index contributed by atoms with van der Waals surface area (Å²) in [6.45, 7) is 4.59. The molecule has 1 aromatic rings. The molecule has 8 heteroatoms. The standard InChI is InChI=1S/C15H21N3O4S/c1-3-22-15(19)17-16-13-8-10-18(11-9-13)23(20,21)14-6-4-12(2)5-7-14/h4-7H,3,8-11H2,1-2H3,(H,17,19). The monoisotopic (exact) mass is 339 g/mol. The summed E-state index contributed by atoms with van der Waals surface area (Å²) in [5, 5.41) is 3.97.